The maximum atomic E-state index is 11.2. The highest BCUT2D eigenvalue weighted by Crippen LogP contribution is 2.31. The molecular formula is C18H19N5O2S. The summed E-state index contributed by atoms with van der Waals surface area (Å²) in [6.07, 6.45) is 3.84. The Kier molecular flexibility index (Phi) is 4.68. The summed E-state index contributed by atoms with van der Waals surface area (Å²) in [6.45, 7) is 2.06. The highest BCUT2D eigenvalue weighted by Gasteiger charge is 2.15. The van der Waals surface area contributed by atoms with E-state index < -0.39 is 5.91 Å². The van der Waals surface area contributed by atoms with Gasteiger partial charge in [-0.15, -0.1) is 0 Å². The lowest BCUT2D eigenvalue weighted by atomic mass is 10.1. The molecule has 1 amide bonds. The number of carbonyl (C=O) groups is 1. The van der Waals surface area contributed by atoms with Crippen LogP contribution in [0, 0.1) is 0 Å². The third kappa shape index (κ3) is 3.76. The number of thiazole rings is 1. The van der Waals surface area contributed by atoms with Crippen molar-refractivity contribution < 1.29 is 9.53 Å². The summed E-state index contributed by atoms with van der Waals surface area (Å²) >= 11 is 1.61. The Labute approximate surface area is 154 Å². The number of carbonyl (C=O) groups excluding carboxylic acids is 1. The van der Waals surface area contributed by atoms with Crippen molar-refractivity contribution in [1.82, 2.24) is 15.3 Å². The van der Waals surface area contributed by atoms with Crippen molar-refractivity contribution >= 4 is 32.6 Å². The summed E-state index contributed by atoms with van der Waals surface area (Å²) in [7, 11) is 0. The van der Waals surface area contributed by atoms with Gasteiger partial charge < -0.3 is 21.1 Å². The average molecular weight is 369 g/mol. The van der Waals surface area contributed by atoms with Crippen LogP contribution >= 0.6 is 11.3 Å². The standard InChI is InChI=1S/C18H19N5O2S/c19-17(24)15-8-13(5-7-21-15)25-12-3-4-14-16(9-12)26-18(23-14)22-11-2-1-6-20-10-11/h3-5,7-9,11,20H,1-2,6,10H2,(H2,19,24)(H,22,23). The number of pyridine rings is 1. The molecule has 2 aromatic heterocycles. The molecule has 3 aromatic rings. The van der Waals surface area contributed by atoms with Crippen LogP contribution in [0.15, 0.2) is 36.5 Å². The van der Waals surface area contributed by atoms with E-state index >= 15 is 0 Å². The molecule has 3 heterocycles. The predicted molar refractivity (Wildman–Crippen MR) is 102 cm³/mol. The van der Waals surface area contributed by atoms with Gasteiger partial charge in [-0.25, -0.2) is 4.98 Å². The van der Waals surface area contributed by atoms with E-state index in [-0.39, 0.29) is 5.69 Å². The number of primary amides is 1. The van der Waals surface area contributed by atoms with Gasteiger partial charge >= 0.3 is 0 Å². The van der Waals surface area contributed by atoms with Crippen LogP contribution in [0.25, 0.3) is 10.2 Å². The summed E-state index contributed by atoms with van der Waals surface area (Å²) in [4.78, 5) is 19.8. The second kappa shape index (κ2) is 7.27. The van der Waals surface area contributed by atoms with Crippen molar-refractivity contribution in [3.05, 3.63) is 42.2 Å². The molecule has 7 nitrogen and oxygen atoms in total. The van der Waals surface area contributed by atoms with E-state index in [1.807, 2.05) is 18.2 Å². The second-order valence-electron chi connectivity index (χ2n) is 6.18. The van der Waals surface area contributed by atoms with Gasteiger partial charge in [0.2, 0.25) is 0 Å². The number of hydrogen-bond donors (Lipinski definition) is 3. The molecule has 0 saturated carbocycles. The average Bonchev–Trinajstić information content (AvgIpc) is 3.04. The van der Waals surface area contributed by atoms with E-state index in [0.29, 0.717) is 17.5 Å². The highest BCUT2D eigenvalue weighted by molar-refractivity contribution is 7.22. The number of hydrogen-bond acceptors (Lipinski definition) is 7. The zero-order valence-corrected chi connectivity index (χ0v) is 14.9. The fourth-order valence-electron chi connectivity index (χ4n) is 2.93. The van der Waals surface area contributed by atoms with E-state index in [1.54, 1.807) is 17.4 Å². The lowest BCUT2D eigenvalue weighted by molar-refractivity contribution is 0.0995. The lowest BCUT2D eigenvalue weighted by Crippen LogP contribution is -2.38. The monoisotopic (exact) mass is 369 g/mol. The number of piperidine rings is 1. The number of amides is 1. The van der Waals surface area contributed by atoms with Gasteiger partial charge in [0.25, 0.3) is 5.91 Å². The Balaban J connectivity index is 1.52. The molecule has 0 spiro atoms. The molecule has 4 rings (SSSR count). The first-order valence-corrected chi connectivity index (χ1v) is 9.30. The van der Waals surface area contributed by atoms with Gasteiger partial charge in [0.1, 0.15) is 17.2 Å². The minimum absolute atomic E-state index is 0.175. The zero-order chi connectivity index (χ0) is 17.9. The Bertz CT molecular complexity index is 936. The fraction of sp³-hybridized carbons (Fsp3) is 0.278. The number of nitrogens with one attached hydrogen (secondary N) is 2. The summed E-state index contributed by atoms with van der Waals surface area (Å²) in [5.74, 6) is 0.610. The third-order valence-electron chi connectivity index (χ3n) is 4.20. The molecule has 1 fully saturated rings. The molecule has 26 heavy (non-hydrogen) atoms. The minimum atomic E-state index is -0.582. The Morgan fingerprint density at radius 3 is 3.00 bits per heavy atom. The smallest absolute Gasteiger partial charge is 0.267 e. The quantitative estimate of drug-likeness (QED) is 0.639. The van der Waals surface area contributed by atoms with Crippen molar-refractivity contribution in [2.75, 3.05) is 18.4 Å². The van der Waals surface area contributed by atoms with Crippen LogP contribution in [0.5, 0.6) is 11.5 Å². The van der Waals surface area contributed by atoms with Gasteiger partial charge in [0.15, 0.2) is 5.13 Å². The van der Waals surface area contributed by atoms with E-state index in [1.165, 1.54) is 18.7 Å². The SMILES string of the molecule is NC(=O)c1cc(Oc2ccc3nc(NC4CCCNC4)sc3c2)ccn1. The summed E-state index contributed by atoms with van der Waals surface area (Å²) < 4.78 is 6.88. The Morgan fingerprint density at radius 1 is 1.31 bits per heavy atom. The van der Waals surface area contributed by atoms with Crippen LogP contribution < -0.4 is 21.1 Å². The van der Waals surface area contributed by atoms with E-state index in [9.17, 15) is 4.79 Å². The fourth-order valence-corrected chi connectivity index (χ4v) is 3.90. The van der Waals surface area contributed by atoms with E-state index in [4.69, 9.17) is 10.5 Å². The van der Waals surface area contributed by atoms with Gasteiger partial charge in [-0.2, -0.15) is 0 Å². The summed E-state index contributed by atoms with van der Waals surface area (Å²) in [5, 5.41) is 7.82. The molecule has 0 radical (unpaired) electrons. The van der Waals surface area contributed by atoms with Crippen molar-refractivity contribution in [1.29, 1.82) is 0 Å². The van der Waals surface area contributed by atoms with E-state index in [0.717, 1.165) is 34.9 Å². The molecule has 1 saturated heterocycles. The molecule has 1 aliphatic rings. The number of aromatic nitrogens is 2. The van der Waals surface area contributed by atoms with Gasteiger partial charge in [-0.05, 0) is 37.6 Å². The molecule has 1 aliphatic heterocycles. The molecule has 8 heteroatoms. The maximum absolute atomic E-state index is 11.2. The van der Waals surface area contributed by atoms with Crippen molar-refractivity contribution in [3.8, 4) is 11.5 Å². The summed E-state index contributed by atoms with van der Waals surface area (Å²) in [5.41, 5.74) is 6.36. The Morgan fingerprint density at radius 2 is 2.19 bits per heavy atom. The lowest BCUT2D eigenvalue weighted by Gasteiger charge is -2.23. The van der Waals surface area contributed by atoms with Gasteiger partial charge in [-0.1, -0.05) is 11.3 Å². The number of fused-ring (bicyclic) bond motifs is 1. The van der Waals surface area contributed by atoms with E-state index in [2.05, 4.69) is 20.6 Å². The van der Waals surface area contributed by atoms with Crippen molar-refractivity contribution in [2.45, 2.75) is 18.9 Å². The molecule has 1 atom stereocenters. The maximum Gasteiger partial charge on any atom is 0.267 e. The first-order chi connectivity index (χ1) is 12.7. The number of rotatable bonds is 5. The van der Waals surface area contributed by atoms with Crippen LogP contribution in [0.4, 0.5) is 5.13 Å². The molecule has 0 bridgehead atoms. The molecule has 0 aliphatic carbocycles. The zero-order valence-electron chi connectivity index (χ0n) is 14.1. The molecule has 4 N–H and O–H groups in total. The third-order valence-corrected chi connectivity index (χ3v) is 5.15. The normalized spacial score (nSPS) is 17.2. The van der Waals surface area contributed by atoms with Crippen LogP contribution in [0.2, 0.25) is 0 Å². The van der Waals surface area contributed by atoms with Crippen molar-refractivity contribution in [2.24, 2.45) is 5.73 Å². The predicted octanol–water partition coefficient (Wildman–Crippen LogP) is 2.75. The van der Waals surface area contributed by atoms with Crippen LogP contribution in [-0.4, -0.2) is 35.0 Å². The van der Waals surface area contributed by atoms with Gasteiger partial charge in [0, 0.05) is 30.9 Å². The van der Waals surface area contributed by atoms with Crippen molar-refractivity contribution in [3.63, 3.8) is 0 Å². The van der Waals surface area contributed by atoms with Crippen LogP contribution in [-0.2, 0) is 0 Å². The largest absolute Gasteiger partial charge is 0.457 e. The topological polar surface area (TPSA) is 102 Å². The minimum Gasteiger partial charge on any atom is -0.457 e. The highest BCUT2D eigenvalue weighted by atomic mass is 32.1. The van der Waals surface area contributed by atoms with Gasteiger partial charge in [-0.3, -0.25) is 9.78 Å². The molecule has 134 valence electrons. The first kappa shape index (κ1) is 16.7. The summed E-state index contributed by atoms with van der Waals surface area (Å²) in [6, 6.07) is 9.38. The van der Waals surface area contributed by atoms with Crippen LogP contribution in [0.1, 0.15) is 23.3 Å². The van der Waals surface area contributed by atoms with Crippen LogP contribution in [0.3, 0.4) is 0 Å². The number of nitrogens with zero attached hydrogens (tertiary/aromatic N) is 2. The number of benzene rings is 1. The van der Waals surface area contributed by atoms with Gasteiger partial charge in [0.05, 0.1) is 10.2 Å². The molecular weight excluding hydrogens is 350 g/mol. The molecule has 1 aromatic carbocycles. The molecule has 1 unspecified atom stereocenters. The first-order valence-electron chi connectivity index (χ1n) is 8.49. The Hall–Kier alpha value is -2.71. The number of ether oxygens (including phenoxy) is 1. The number of anilines is 1. The second-order valence-corrected chi connectivity index (χ2v) is 7.21. The number of nitrogens with two attached hydrogens (primary N) is 1.